The molecule has 2 aromatic rings. The molecule has 0 fully saturated rings. The topological polar surface area (TPSA) is 49.3 Å². The molecule has 0 spiro atoms. The lowest BCUT2D eigenvalue weighted by molar-refractivity contribution is 0.102. The maximum absolute atomic E-state index is 12.0. The van der Waals surface area contributed by atoms with E-state index in [1.807, 2.05) is 6.92 Å². The van der Waals surface area contributed by atoms with Crippen molar-refractivity contribution in [1.29, 1.82) is 0 Å². The number of aromatic hydroxyl groups is 1. The van der Waals surface area contributed by atoms with Gasteiger partial charge in [-0.15, -0.1) is 0 Å². The van der Waals surface area contributed by atoms with E-state index in [1.54, 1.807) is 24.3 Å². The van der Waals surface area contributed by atoms with Crippen molar-refractivity contribution in [3.8, 4) is 5.75 Å². The zero-order valence-corrected chi connectivity index (χ0v) is 11.6. The van der Waals surface area contributed by atoms with Crippen molar-refractivity contribution in [2.75, 3.05) is 5.32 Å². The first kappa shape index (κ1) is 13.7. The van der Waals surface area contributed by atoms with Gasteiger partial charge < -0.3 is 10.4 Å². The molecule has 1 amide bonds. The molecule has 0 aliphatic heterocycles. The van der Waals surface area contributed by atoms with E-state index >= 15 is 0 Å². The summed E-state index contributed by atoms with van der Waals surface area (Å²) in [6.45, 7) is 1.83. The Morgan fingerprint density at radius 1 is 1.16 bits per heavy atom. The Balaban J connectivity index is 2.25. The van der Waals surface area contributed by atoms with E-state index in [0.717, 1.165) is 5.56 Å². The number of hydrogen-bond acceptors (Lipinski definition) is 2. The average Bonchev–Trinajstić information content (AvgIpc) is 2.32. The third-order valence-electron chi connectivity index (χ3n) is 2.58. The van der Waals surface area contributed by atoms with E-state index < -0.39 is 5.91 Å². The number of aryl methyl sites for hydroxylation is 1. The Labute approximate surface area is 120 Å². The molecule has 0 heterocycles. The molecule has 0 atom stereocenters. The van der Waals surface area contributed by atoms with Crippen molar-refractivity contribution in [2.45, 2.75) is 6.92 Å². The Morgan fingerprint density at radius 2 is 1.89 bits per heavy atom. The van der Waals surface area contributed by atoms with E-state index in [0.29, 0.717) is 15.7 Å². The second-order valence-electron chi connectivity index (χ2n) is 4.10. The number of hydrogen-bond donors (Lipinski definition) is 2. The fourth-order valence-electron chi connectivity index (χ4n) is 1.61. The van der Waals surface area contributed by atoms with E-state index in [-0.39, 0.29) is 11.3 Å². The molecular weight excluding hydrogens is 285 g/mol. The molecule has 5 heteroatoms. The summed E-state index contributed by atoms with van der Waals surface area (Å²) in [6.07, 6.45) is 0. The van der Waals surface area contributed by atoms with E-state index in [2.05, 4.69) is 5.32 Å². The van der Waals surface area contributed by atoms with Gasteiger partial charge in [0.15, 0.2) is 0 Å². The monoisotopic (exact) mass is 295 g/mol. The van der Waals surface area contributed by atoms with E-state index in [4.69, 9.17) is 23.2 Å². The zero-order chi connectivity index (χ0) is 14.0. The predicted octanol–water partition coefficient (Wildman–Crippen LogP) is 4.26. The molecule has 2 rings (SSSR count). The number of amides is 1. The number of phenolic OH excluding ortho intramolecular Hbond substituents is 1. The molecule has 0 saturated heterocycles. The van der Waals surface area contributed by atoms with E-state index in [9.17, 15) is 9.90 Å². The van der Waals surface area contributed by atoms with Gasteiger partial charge in [0.05, 0.1) is 16.3 Å². The Bertz CT molecular complexity index is 641. The van der Waals surface area contributed by atoms with Crippen molar-refractivity contribution < 1.29 is 9.90 Å². The smallest absolute Gasteiger partial charge is 0.259 e. The summed E-state index contributed by atoms with van der Waals surface area (Å²) in [5, 5.41) is 13.2. The number of halogens is 2. The number of rotatable bonds is 2. The van der Waals surface area contributed by atoms with Crippen LogP contribution in [0.25, 0.3) is 0 Å². The maximum atomic E-state index is 12.0. The van der Waals surface area contributed by atoms with Gasteiger partial charge in [0, 0.05) is 5.02 Å². The van der Waals surface area contributed by atoms with Gasteiger partial charge in [-0.05, 0) is 42.8 Å². The molecule has 2 aromatic carbocycles. The summed E-state index contributed by atoms with van der Waals surface area (Å²) in [5.41, 5.74) is 1.51. The second kappa shape index (κ2) is 5.51. The highest BCUT2D eigenvalue weighted by Crippen LogP contribution is 2.27. The second-order valence-corrected chi connectivity index (χ2v) is 4.94. The van der Waals surface area contributed by atoms with Crippen molar-refractivity contribution in [1.82, 2.24) is 0 Å². The molecular formula is C14H11Cl2NO2. The summed E-state index contributed by atoms with van der Waals surface area (Å²) in [5.74, 6) is -0.496. The summed E-state index contributed by atoms with van der Waals surface area (Å²) >= 11 is 11.7. The van der Waals surface area contributed by atoms with Gasteiger partial charge in [0.1, 0.15) is 5.75 Å². The van der Waals surface area contributed by atoms with Gasteiger partial charge in [0.2, 0.25) is 0 Å². The molecule has 0 unspecified atom stereocenters. The number of anilines is 1. The molecule has 0 aliphatic carbocycles. The molecule has 98 valence electrons. The minimum absolute atomic E-state index is 0.0671. The van der Waals surface area contributed by atoms with Gasteiger partial charge in [-0.3, -0.25) is 4.79 Å². The minimum atomic E-state index is -0.429. The van der Waals surface area contributed by atoms with Crippen molar-refractivity contribution >= 4 is 34.8 Å². The van der Waals surface area contributed by atoms with Crippen LogP contribution in [-0.4, -0.2) is 11.0 Å². The van der Waals surface area contributed by atoms with E-state index in [1.165, 1.54) is 12.1 Å². The summed E-state index contributed by atoms with van der Waals surface area (Å²) in [7, 11) is 0. The zero-order valence-electron chi connectivity index (χ0n) is 10.1. The lowest BCUT2D eigenvalue weighted by Gasteiger charge is -2.09. The first-order valence-electron chi connectivity index (χ1n) is 5.53. The molecule has 19 heavy (non-hydrogen) atoms. The van der Waals surface area contributed by atoms with Gasteiger partial charge in [0.25, 0.3) is 5.91 Å². The Hall–Kier alpha value is -1.71. The van der Waals surface area contributed by atoms with Crippen LogP contribution in [0.4, 0.5) is 5.69 Å². The highest BCUT2D eigenvalue weighted by Gasteiger charge is 2.12. The third kappa shape index (κ3) is 3.19. The van der Waals surface area contributed by atoms with Crippen LogP contribution in [0.2, 0.25) is 10.0 Å². The number of carbonyl (C=O) groups is 1. The standard InChI is InChI=1S/C14H11Cl2NO2/c1-8-2-4-10(13(18)6-8)14(19)17-12-5-3-9(15)7-11(12)16/h2-7,18H,1H3,(H,17,19). The van der Waals surface area contributed by atoms with Crippen LogP contribution in [0.1, 0.15) is 15.9 Å². The molecule has 0 bridgehead atoms. The van der Waals surface area contributed by atoms with Crippen molar-refractivity contribution in [2.24, 2.45) is 0 Å². The van der Waals surface area contributed by atoms with Gasteiger partial charge >= 0.3 is 0 Å². The van der Waals surface area contributed by atoms with Crippen LogP contribution in [0.5, 0.6) is 5.75 Å². The SMILES string of the molecule is Cc1ccc(C(=O)Nc2ccc(Cl)cc2Cl)c(O)c1. The molecule has 0 aromatic heterocycles. The van der Waals surface area contributed by atoms with Gasteiger partial charge in [-0.25, -0.2) is 0 Å². The van der Waals surface area contributed by atoms with Crippen LogP contribution in [0.3, 0.4) is 0 Å². The summed E-state index contributed by atoms with van der Waals surface area (Å²) < 4.78 is 0. The number of benzene rings is 2. The number of phenols is 1. The van der Waals surface area contributed by atoms with Crippen LogP contribution in [-0.2, 0) is 0 Å². The van der Waals surface area contributed by atoms with Crippen LogP contribution >= 0.6 is 23.2 Å². The number of nitrogens with one attached hydrogen (secondary N) is 1. The van der Waals surface area contributed by atoms with Crippen molar-refractivity contribution in [3.63, 3.8) is 0 Å². The van der Waals surface area contributed by atoms with Crippen LogP contribution < -0.4 is 5.32 Å². The summed E-state index contributed by atoms with van der Waals surface area (Å²) in [6, 6.07) is 9.60. The first-order chi connectivity index (χ1) is 8.97. The Kier molecular flexibility index (Phi) is 3.98. The third-order valence-corrected chi connectivity index (χ3v) is 3.12. The molecule has 3 nitrogen and oxygen atoms in total. The van der Waals surface area contributed by atoms with Gasteiger partial charge in [-0.1, -0.05) is 29.3 Å². The molecule has 0 aliphatic rings. The predicted molar refractivity (Wildman–Crippen MR) is 77.3 cm³/mol. The average molecular weight is 296 g/mol. The fraction of sp³-hybridized carbons (Fsp3) is 0.0714. The number of carbonyl (C=O) groups excluding carboxylic acids is 1. The normalized spacial score (nSPS) is 10.3. The minimum Gasteiger partial charge on any atom is -0.507 e. The maximum Gasteiger partial charge on any atom is 0.259 e. The molecule has 2 N–H and O–H groups in total. The van der Waals surface area contributed by atoms with Crippen LogP contribution in [0, 0.1) is 6.92 Å². The Morgan fingerprint density at radius 3 is 2.53 bits per heavy atom. The van der Waals surface area contributed by atoms with Crippen molar-refractivity contribution in [3.05, 3.63) is 57.6 Å². The largest absolute Gasteiger partial charge is 0.507 e. The lowest BCUT2D eigenvalue weighted by Crippen LogP contribution is -2.12. The first-order valence-corrected chi connectivity index (χ1v) is 6.29. The highest BCUT2D eigenvalue weighted by molar-refractivity contribution is 6.36. The molecule has 0 saturated carbocycles. The quantitative estimate of drug-likeness (QED) is 0.870. The van der Waals surface area contributed by atoms with Gasteiger partial charge in [-0.2, -0.15) is 0 Å². The fourth-order valence-corrected chi connectivity index (χ4v) is 2.07. The van der Waals surface area contributed by atoms with Crippen LogP contribution in [0.15, 0.2) is 36.4 Å². The lowest BCUT2D eigenvalue weighted by atomic mass is 10.1. The molecule has 0 radical (unpaired) electrons. The highest BCUT2D eigenvalue weighted by atomic mass is 35.5. The summed E-state index contributed by atoms with van der Waals surface area (Å²) in [4.78, 5) is 12.0.